The van der Waals surface area contributed by atoms with Crippen molar-refractivity contribution in [3.63, 3.8) is 0 Å². The van der Waals surface area contributed by atoms with Crippen LogP contribution in [-0.2, 0) is 12.7 Å². The van der Waals surface area contributed by atoms with Crippen LogP contribution in [0.3, 0.4) is 0 Å². The fourth-order valence-electron chi connectivity index (χ4n) is 3.10. The molecular formula is C22H17F4N5O. The van der Waals surface area contributed by atoms with Crippen LogP contribution in [0.5, 0.6) is 0 Å². The third kappa shape index (κ3) is 4.48. The Morgan fingerprint density at radius 3 is 2.62 bits per heavy atom. The molecule has 0 spiro atoms. The van der Waals surface area contributed by atoms with Crippen molar-refractivity contribution in [1.29, 1.82) is 0 Å². The summed E-state index contributed by atoms with van der Waals surface area (Å²) in [6.07, 6.45) is -1.83. The maximum Gasteiger partial charge on any atom is 0.416 e. The number of amides is 2. The molecule has 4 aromatic rings. The van der Waals surface area contributed by atoms with E-state index in [1.54, 1.807) is 18.2 Å². The Labute approximate surface area is 182 Å². The van der Waals surface area contributed by atoms with Crippen LogP contribution in [0.15, 0.2) is 67.0 Å². The van der Waals surface area contributed by atoms with Crippen LogP contribution >= 0.6 is 0 Å². The Morgan fingerprint density at radius 2 is 1.88 bits per heavy atom. The lowest BCUT2D eigenvalue weighted by molar-refractivity contribution is -0.137. The summed E-state index contributed by atoms with van der Waals surface area (Å²) in [6.45, 7) is -2.01. The number of aromatic nitrogens is 2. The molecule has 0 bridgehead atoms. The molecule has 0 fully saturated rings. The molecule has 0 saturated heterocycles. The van der Waals surface area contributed by atoms with Gasteiger partial charge in [0.05, 0.1) is 25.2 Å². The number of alkyl halides is 3. The first kappa shape index (κ1) is 18.7. The minimum absolute atomic E-state index is 0.152. The second-order valence-electron chi connectivity index (χ2n) is 6.78. The van der Waals surface area contributed by atoms with Crippen molar-refractivity contribution in [3.8, 4) is 0 Å². The summed E-state index contributed by atoms with van der Waals surface area (Å²) < 4.78 is 71.2. The summed E-state index contributed by atoms with van der Waals surface area (Å²) in [4.78, 5) is 16.3. The number of nitrogen functional groups attached to an aromatic ring is 1. The minimum atomic E-state index is -4.70. The molecule has 4 N–H and O–H groups in total. The van der Waals surface area contributed by atoms with Gasteiger partial charge in [0.15, 0.2) is 0 Å². The highest BCUT2D eigenvalue weighted by atomic mass is 19.4. The van der Waals surface area contributed by atoms with Gasteiger partial charge in [-0.25, -0.2) is 14.2 Å². The first-order valence-corrected chi connectivity index (χ1v) is 9.24. The number of pyridine rings is 1. The van der Waals surface area contributed by atoms with Gasteiger partial charge < -0.3 is 20.9 Å². The third-order valence-electron chi connectivity index (χ3n) is 4.55. The van der Waals surface area contributed by atoms with Crippen molar-refractivity contribution in [2.45, 2.75) is 12.7 Å². The smallest absolute Gasteiger partial charge is 0.384 e. The summed E-state index contributed by atoms with van der Waals surface area (Å²) >= 11 is 0. The number of nitrogens with zero attached hydrogens (tertiary/aromatic N) is 2. The largest absolute Gasteiger partial charge is 0.416 e. The molecule has 0 aliphatic carbocycles. The van der Waals surface area contributed by atoms with Gasteiger partial charge in [-0.3, -0.25) is 0 Å². The summed E-state index contributed by atoms with van der Waals surface area (Å²) in [7, 11) is 0. The Morgan fingerprint density at radius 1 is 1.09 bits per heavy atom. The van der Waals surface area contributed by atoms with Gasteiger partial charge in [-0.1, -0.05) is 6.07 Å². The van der Waals surface area contributed by atoms with Gasteiger partial charge in [-0.2, -0.15) is 13.2 Å². The predicted molar refractivity (Wildman–Crippen MR) is 114 cm³/mol. The number of halogens is 4. The number of fused-ring (bicyclic) bond motifs is 1. The van der Waals surface area contributed by atoms with Crippen molar-refractivity contribution in [2.75, 3.05) is 16.4 Å². The molecule has 4 rings (SSSR count). The van der Waals surface area contributed by atoms with E-state index in [2.05, 4.69) is 15.6 Å². The number of benzene rings is 2. The van der Waals surface area contributed by atoms with Crippen LogP contribution in [0.25, 0.3) is 10.9 Å². The van der Waals surface area contributed by atoms with E-state index in [1.165, 1.54) is 35.2 Å². The monoisotopic (exact) mass is 445 g/mol. The van der Waals surface area contributed by atoms with Crippen molar-refractivity contribution in [3.05, 3.63) is 83.9 Å². The first-order chi connectivity index (χ1) is 16.0. The van der Waals surface area contributed by atoms with E-state index in [0.717, 1.165) is 0 Å². The molecule has 0 aliphatic rings. The molecule has 164 valence electrons. The summed E-state index contributed by atoms with van der Waals surface area (Å²) in [6, 6.07) is 9.91. The van der Waals surface area contributed by atoms with E-state index in [1.807, 2.05) is 0 Å². The molecule has 10 heteroatoms. The van der Waals surface area contributed by atoms with Crippen molar-refractivity contribution in [2.24, 2.45) is 0 Å². The Kier molecular flexibility index (Phi) is 4.79. The zero-order chi connectivity index (χ0) is 24.7. The molecule has 2 aromatic carbocycles. The van der Waals surface area contributed by atoms with Crippen LogP contribution in [0, 0.1) is 5.82 Å². The van der Waals surface area contributed by atoms with E-state index in [-0.39, 0.29) is 17.1 Å². The minimum Gasteiger partial charge on any atom is -0.384 e. The molecular weight excluding hydrogens is 426 g/mol. The Hall–Kier alpha value is -4.08. The highest BCUT2D eigenvalue weighted by Gasteiger charge is 2.31. The third-order valence-corrected chi connectivity index (χ3v) is 4.55. The molecule has 32 heavy (non-hydrogen) atoms. The number of anilines is 3. The first-order valence-electron chi connectivity index (χ1n) is 10.2. The second kappa shape index (κ2) is 8.22. The zero-order valence-electron chi connectivity index (χ0n) is 18.2. The number of urea groups is 1. The summed E-state index contributed by atoms with van der Waals surface area (Å²) in [5.41, 5.74) is 4.85. The fraction of sp³-hybridized carbons (Fsp3) is 0.0909. The van der Waals surface area contributed by atoms with E-state index in [9.17, 15) is 22.4 Å². The van der Waals surface area contributed by atoms with E-state index in [4.69, 9.17) is 8.48 Å². The van der Waals surface area contributed by atoms with Crippen LogP contribution in [0.1, 0.15) is 13.9 Å². The molecule has 0 radical (unpaired) electrons. The van der Waals surface area contributed by atoms with Gasteiger partial charge in [0.25, 0.3) is 0 Å². The van der Waals surface area contributed by atoms with Gasteiger partial charge in [0, 0.05) is 24.3 Å². The van der Waals surface area contributed by atoms with Gasteiger partial charge in [-0.05, 0) is 54.1 Å². The molecule has 0 unspecified atom stereocenters. The van der Waals surface area contributed by atoms with Crippen LogP contribution in [0.4, 0.5) is 39.5 Å². The number of carbonyl (C=O) groups excluding carboxylic acids is 1. The number of hydrogen-bond acceptors (Lipinski definition) is 3. The van der Waals surface area contributed by atoms with Crippen molar-refractivity contribution in [1.82, 2.24) is 9.55 Å². The summed E-state index contributed by atoms with van der Waals surface area (Å²) in [5, 5.41) is 5.00. The lowest BCUT2D eigenvalue weighted by Gasteiger charge is -2.12. The second-order valence-corrected chi connectivity index (χ2v) is 6.78. The maximum atomic E-state index is 14.0. The predicted octanol–water partition coefficient (Wildman–Crippen LogP) is 5.47. The van der Waals surface area contributed by atoms with Crippen molar-refractivity contribution >= 4 is 34.1 Å². The van der Waals surface area contributed by atoms with E-state index >= 15 is 0 Å². The maximum absolute atomic E-state index is 14.0. The molecule has 6 nitrogen and oxygen atoms in total. The number of carbonyl (C=O) groups is 1. The quantitative estimate of drug-likeness (QED) is 0.364. The van der Waals surface area contributed by atoms with Gasteiger partial charge >= 0.3 is 12.2 Å². The van der Waals surface area contributed by atoms with Gasteiger partial charge in [0.2, 0.25) is 0 Å². The lowest BCUT2D eigenvalue weighted by atomic mass is 10.2. The number of rotatable bonds is 4. The average Bonchev–Trinajstić information content (AvgIpc) is 3.20. The van der Waals surface area contributed by atoms with Crippen LogP contribution in [-0.4, -0.2) is 15.6 Å². The van der Waals surface area contributed by atoms with E-state index in [0.29, 0.717) is 29.1 Å². The van der Waals surface area contributed by atoms with Gasteiger partial charge in [0.1, 0.15) is 11.6 Å². The number of nitrogens with two attached hydrogens (primary N) is 1. The molecule has 0 saturated carbocycles. The Bertz CT molecular complexity index is 1390. The lowest BCUT2D eigenvalue weighted by Crippen LogP contribution is -2.20. The molecule has 2 heterocycles. The van der Waals surface area contributed by atoms with Crippen LogP contribution < -0.4 is 16.4 Å². The Balaban J connectivity index is 1.62. The SMILES string of the molecule is [2H]C([2H])(c1ccnc(N)c1)n1ccc2c(NC(=O)Nc3cc(C(F)(F)F)ccc3F)cccc21. The van der Waals surface area contributed by atoms with E-state index < -0.39 is 35.8 Å². The molecule has 2 aromatic heterocycles. The van der Waals surface area contributed by atoms with Crippen molar-refractivity contribution < 1.29 is 25.1 Å². The average molecular weight is 445 g/mol. The number of nitrogens with one attached hydrogen (secondary N) is 2. The summed E-state index contributed by atoms with van der Waals surface area (Å²) in [5.74, 6) is -0.879. The topological polar surface area (TPSA) is 85.0 Å². The zero-order valence-corrected chi connectivity index (χ0v) is 16.2. The fourth-order valence-corrected chi connectivity index (χ4v) is 3.10. The molecule has 2 amide bonds. The normalized spacial score (nSPS) is 12.9. The number of hydrogen-bond donors (Lipinski definition) is 3. The highest BCUT2D eigenvalue weighted by molar-refractivity contribution is 6.05. The standard InChI is InChI=1S/C22H17F4N5O/c23-16-5-4-14(22(24,25)26)11-18(16)30-21(32)29-17-2-1-3-19-15(17)7-9-31(19)12-13-6-8-28-20(27)10-13/h1-11H,12H2,(H2,27,28)(H2,29,30,32)/i12D2. The highest BCUT2D eigenvalue weighted by Crippen LogP contribution is 2.32. The van der Waals surface area contributed by atoms with Crippen LogP contribution in [0.2, 0.25) is 0 Å². The van der Waals surface area contributed by atoms with Gasteiger partial charge in [-0.15, -0.1) is 0 Å². The molecule has 0 atom stereocenters. The molecule has 0 aliphatic heterocycles.